The number of anilines is 1. The molecule has 0 saturated heterocycles. The molecule has 20 heavy (non-hydrogen) atoms. The monoisotopic (exact) mass is 288 g/mol. The summed E-state index contributed by atoms with van der Waals surface area (Å²) in [5, 5.41) is 0. The van der Waals surface area contributed by atoms with Gasteiger partial charge in [0.1, 0.15) is 12.4 Å². The Morgan fingerprint density at radius 2 is 2.10 bits per heavy atom. The van der Waals surface area contributed by atoms with Crippen molar-refractivity contribution in [2.75, 3.05) is 12.3 Å². The Balaban J connectivity index is 1.86. The van der Waals surface area contributed by atoms with Gasteiger partial charge in [-0.25, -0.2) is 8.42 Å². The standard InChI is InChI=1S/C14H12N2O3S/c15-11-4-3-10-6-13(20(17,18)14(10)7-11)9-19-12-2-1-5-16-8-12/h1-8H,9,15H2. The number of sulfone groups is 1. The first-order valence-corrected chi connectivity index (χ1v) is 7.44. The molecular weight excluding hydrogens is 276 g/mol. The molecule has 3 rings (SSSR count). The van der Waals surface area contributed by atoms with Gasteiger partial charge in [0.2, 0.25) is 9.84 Å². The number of fused-ring (bicyclic) bond motifs is 1. The molecule has 2 aromatic rings. The first-order valence-electron chi connectivity index (χ1n) is 5.95. The van der Waals surface area contributed by atoms with Crippen molar-refractivity contribution < 1.29 is 13.2 Å². The van der Waals surface area contributed by atoms with Gasteiger partial charge >= 0.3 is 0 Å². The van der Waals surface area contributed by atoms with Gasteiger partial charge in [-0.15, -0.1) is 0 Å². The van der Waals surface area contributed by atoms with E-state index in [0.717, 1.165) is 0 Å². The van der Waals surface area contributed by atoms with E-state index in [9.17, 15) is 8.42 Å². The number of pyridine rings is 1. The number of benzene rings is 1. The molecule has 1 aromatic heterocycles. The molecule has 0 unspecified atom stereocenters. The maximum Gasteiger partial charge on any atom is 0.206 e. The van der Waals surface area contributed by atoms with Crippen LogP contribution < -0.4 is 10.5 Å². The fraction of sp³-hybridized carbons (Fsp3) is 0.0714. The van der Waals surface area contributed by atoms with Crippen molar-refractivity contribution in [2.24, 2.45) is 0 Å². The van der Waals surface area contributed by atoms with Crippen LogP contribution in [0.2, 0.25) is 0 Å². The zero-order valence-electron chi connectivity index (χ0n) is 10.5. The van der Waals surface area contributed by atoms with Gasteiger partial charge in [0, 0.05) is 11.9 Å². The molecule has 6 heteroatoms. The lowest BCUT2D eigenvalue weighted by molar-refractivity contribution is 0.357. The molecule has 1 aromatic carbocycles. The van der Waals surface area contributed by atoms with Crippen molar-refractivity contribution in [3.05, 3.63) is 53.2 Å². The summed E-state index contributed by atoms with van der Waals surface area (Å²) in [6.45, 7) is -0.0252. The number of hydrogen-bond donors (Lipinski definition) is 1. The summed E-state index contributed by atoms with van der Waals surface area (Å²) < 4.78 is 30.1. The Hall–Kier alpha value is -2.34. The molecule has 0 bridgehead atoms. The van der Waals surface area contributed by atoms with E-state index in [-0.39, 0.29) is 16.4 Å². The van der Waals surface area contributed by atoms with E-state index in [2.05, 4.69) is 4.98 Å². The van der Waals surface area contributed by atoms with Crippen LogP contribution in [0.25, 0.3) is 6.08 Å². The zero-order chi connectivity index (χ0) is 14.2. The molecule has 0 radical (unpaired) electrons. The van der Waals surface area contributed by atoms with Crippen molar-refractivity contribution in [3.8, 4) is 5.75 Å². The maximum atomic E-state index is 12.3. The molecule has 1 aliphatic heterocycles. The average molecular weight is 288 g/mol. The number of nitrogens with two attached hydrogens (primary N) is 1. The molecule has 0 spiro atoms. The van der Waals surface area contributed by atoms with Crippen LogP contribution in [0.1, 0.15) is 5.56 Å². The SMILES string of the molecule is Nc1ccc2c(c1)S(=O)(=O)C(COc1cccnc1)=C2. The second-order valence-electron chi connectivity index (χ2n) is 4.39. The average Bonchev–Trinajstić information content (AvgIpc) is 2.69. The lowest BCUT2D eigenvalue weighted by atomic mass is 10.2. The van der Waals surface area contributed by atoms with E-state index in [1.807, 2.05) is 0 Å². The quantitative estimate of drug-likeness (QED) is 0.872. The minimum atomic E-state index is -3.50. The van der Waals surface area contributed by atoms with E-state index < -0.39 is 9.84 Å². The van der Waals surface area contributed by atoms with Gasteiger partial charge in [-0.2, -0.15) is 0 Å². The lowest BCUT2D eigenvalue weighted by Crippen LogP contribution is -2.09. The molecule has 0 amide bonds. The fourth-order valence-electron chi connectivity index (χ4n) is 2.00. The third-order valence-electron chi connectivity index (χ3n) is 3.00. The number of nitrogen functional groups attached to an aromatic ring is 1. The van der Waals surface area contributed by atoms with Gasteiger partial charge in [0.05, 0.1) is 16.0 Å². The third kappa shape index (κ3) is 2.14. The first kappa shape index (κ1) is 12.7. The highest BCUT2D eigenvalue weighted by atomic mass is 32.2. The zero-order valence-corrected chi connectivity index (χ0v) is 11.3. The summed E-state index contributed by atoms with van der Waals surface area (Å²) >= 11 is 0. The van der Waals surface area contributed by atoms with Crippen molar-refractivity contribution in [1.29, 1.82) is 0 Å². The molecule has 0 atom stereocenters. The van der Waals surface area contributed by atoms with Gasteiger partial charge in [-0.1, -0.05) is 6.07 Å². The number of rotatable bonds is 3. The molecule has 0 aliphatic carbocycles. The van der Waals surface area contributed by atoms with E-state index in [4.69, 9.17) is 10.5 Å². The smallest absolute Gasteiger partial charge is 0.206 e. The van der Waals surface area contributed by atoms with Crippen LogP contribution in [-0.2, 0) is 9.84 Å². The minimum absolute atomic E-state index is 0.0252. The van der Waals surface area contributed by atoms with Gasteiger partial charge < -0.3 is 10.5 Å². The van der Waals surface area contributed by atoms with Crippen LogP contribution in [0.15, 0.2) is 52.5 Å². The van der Waals surface area contributed by atoms with Crippen molar-refractivity contribution in [1.82, 2.24) is 4.98 Å². The van der Waals surface area contributed by atoms with Crippen LogP contribution in [-0.4, -0.2) is 20.0 Å². The largest absolute Gasteiger partial charge is 0.487 e. The summed E-state index contributed by atoms with van der Waals surface area (Å²) in [4.78, 5) is 4.37. The topological polar surface area (TPSA) is 82.3 Å². The summed E-state index contributed by atoms with van der Waals surface area (Å²) in [5.74, 6) is 0.527. The first-order chi connectivity index (χ1) is 9.57. The third-order valence-corrected chi connectivity index (χ3v) is 4.86. The van der Waals surface area contributed by atoms with Crippen molar-refractivity contribution in [3.63, 3.8) is 0 Å². The molecule has 1 aliphatic rings. The number of ether oxygens (including phenoxy) is 1. The van der Waals surface area contributed by atoms with Crippen LogP contribution in [0.5, 0.6) is 5.75 Å². The Labute approximate surface area is 116 Å². The summed E-state index contributed by atoms with van der Waals surface area (Å²) in [6.07, 6.45) is 4.77. The molecule has 102 valence electrons. The normalized spacial score (nSPS) is 15.5. The molecule has 2 heterocycles. The van der Waals surface area contributed by atoms with Crippen molar-refractivity contribution in [2.45, 2.75) is 4.90 Å². The number of nitrogens with zero attached hydrogens (tertiary/aromatic N) is 1. The Morgan fingerprint density at radius 3 is 2.85 bits per heavy atom. The van der Waals surface area contributed by atoms with Gasteiger partial charge in [0.25, 0.3) is 0 Å². The van der Waals surface area contributed by atoms with Gasteiger partial charge in [-0.3, -0.25) is 4.98 Å². The second-order valence-corrected chi connectivity index (χ2v) is 6.36. The van der Waals surface area contributed by atoms with Crippen LogP contribution in [0.3, 0.4) is 0 Å². The summed E-state index contributed by atoms with van der Waals surface area (Å²) in [5.41, 5.74) is 6.70. The molecular formula is C14H12N2O3S. The van der Waals surface area contributed by atoms with E-state index in [1.165, 1.54) is 12.3 Å². The molecule has 0 fully saturated rings. The molecule has 0 saturated carbocycles. The molecule has 5 nitrogen and oxygen atoms in total. The minimum Gasteiger partial charge on any atom is -0.487 e. The predicted molar refractivity (Wildman–Crippen MR) is 75.7 cm³/mol. The van der Waals surface area contributed by atoms with E-state index in [0.29, 0.717) is 17.0 Å². The Bertz CT molecular complexity index is 783. The fourth-order valence-corrected chi connectivity index (χ4v) is 3.51. The lowest BCUT2D eigenvalue weighted by Gasteiger charge is -2.06. The Morgan fingerprint density at radius 1 is 1.25 bits per heavy atom. The molecule has 2 N–H and O–H groups in total. The highest BCUT2D eigenvalue weighted by Crippen LogP contribution is 2.34. The van der Waals surface area contributed by atoms with E-state index in [1.54, 1.807) is 36.5 Å². The second kappa shape index (κ2) is 4.64. The van der Waals surface area contributed by atoms with Crippen LogP contribution in [0.4, 0.5) is 5.69 Å². The van der Waals surface area contributed by atoms with Crippen LogP contribution >= 0.6 is 0 Å². The predicted octanol–water partition coefficient (Wildman–Crippen LogP) is 1.87. The van der Waals surface area contributed by atoms with Gasteiger partial charge in [-0.05, 0) is 35.9 Å². The highest BCUT2D eigenvalue weighted by Gasteiger charge is 2.30. The maximum absolute atomic E-state index is 12.3. The number of aromatic nitrogens is 1. The van der Waals surface area contributed by atoms with E-state index >= 15 is 0 Å². The summed E-state index contributed by atoms with van der Waals surface area (Å²) in [6, 6.07) is 8.29. The Kier molecular flexibility index (Phi) is 2.94. The number of hydrogen-bond acceptors (Lipinski definition) is 5. The van der Waals surface area contributed by atoms with Gasteiger partial charge in [0.15, 0.2) is 0 Å². The van der Waals surface area contributed by atoms with Crippen molar-refractivity contribution >= 4 is 21.6 Å². The highest BCUT2D eigenvalue weighted by molar-refractivity contribution is 7.95. The van der Waals surface area contributed by atoms with Crippen LogP contribution in [0, 0.1) is 0 Å². The summed E-state index contributed by atoms with van der Waals surface area (Å²) in [7, 11) is -3.50.